The molecular formula is C16H24N6O. The van der Waals surface area contributed by atoms with Crippen molar-refractivity contribution in [2.75, 3.05) is 24.5 Å². The Kier molecular flexibility index (Phi) is 4.73. The molecule has 3 rings (SSSR count). The highest BCUT2D eigenvalue weighted by molar-refractivity contribution is 5.79. The molecule has 2 aromatic heterocycles. The van der Waals surface area contributed by atoms with Gasteiger partial charge in [0.1, 0.15) is 12.1 Å². The maximum atomic E-state index is 12.3. The molecule has 7 nitrogen and oxygen atoms in total. The quantitative estimate of drug-likeness (QED) is 0.903. The number of carbonyl (C=O) groups is 1. The first-order valence-corrected chi connectivity index (χ1v) is 8.45. The van der Waals surface area contributed by atoms with Crippen molar-refractivity contribution < 1.29 is 4.79 Å². The Morgan fingerprint density at radius 1 is 1.43 bits per heavy atom. The van der Waals surface area contributed by atoms with Crippen LogP contribution in [0.2, 0.25) is 0 Å². The Bertz CT molecular complexity index is 682. The molecule has 7 heteroatoms. The zero-order valence-electron chi connectivity index (χ0n) is 13.8. The molecule has 1 amide bonds. The monoisotopic (exact) mass is 316 g/mol. The van der Waals surface area contributed by atoms with E-state index in [0.717, 1.165) is 56.8 Å². The van der Waals surface area contributed by atoms with Gasteiger partial charge in [-0.2, -0.15) is 14.6 Å². The van der Waals surface area contributed by atoms with Gasteiger partial charge in [0.25, 0.3) is 5.78 Å². The van der Waals surface area contributed by atoms with Gasteiger partial charge >= 0.3 is 0 Å². The lowest BCUT2D eigenvalue weighted by molar-refractivity contribution is -0.125. The predicted octanol–water partition coefficient (Wildman–Crippen LogP) is 1.43. The molecule has 0 radical (unpaired) electrons. The van der Waals surface area contributed by atoms with E-state index in [-0.39, 0.29) is 11.8 Å². The van der Waals surface area contributed by atoms with Crippen LogP contribution in [0.1, 0.15) is 38.8 Å². The van der Waals surface area contributed by atoms with Gasteiger partial charge in [0.2, 0.25) is 5.91 Å². The molecule has 0 spiro atoms. The van der Waals surface area contributed by atoms with Crippen LogP contribution in [0.25, 0.3) is 5.78 Å². The van der Waals surface area contributed by atoms with Crippen LogP contribution in [0.15, 0.2) is 12.4 Å². The summed E-state index contributed by atoms with van der Waals surface area (Å²) in [5.41, 5.74) is 0.998. The number of aryl methyl sites for hydroxylation is 1. The molecule has 0 saturated carbocycles. The van der Waals surface area contributed by atoms with Crippen LogP contribution < -0.4 is 10.2 Å². The second-order valence-corrected chi connectivity index (χ2v) is 6.01. The van der Waals surface area contributed by atoms with E-state index < -0.39 is 0 Å². The molecular weight excluding hydrogens is 292 g/mol. The number of hydrogen-bond acceptors (Lipinski definition) is 5. The summed E-state index contributed by atoms with van der Waals surface area (Å²) in [4.78, 5) is 23.2. The summed E-state index contributed by atoms with van der Waals surface area (Å²) in [5.74, 6) is 1.80. The van der Waals surface area contributed by atoms with Crippen LogP contribution in [-0.2, 0) is 11.2 Å². The van der Waals surface area contributed by atoms with Gasteiger partial charge in [0.15, 0.2) is 0 Å². The molecule has 1 atom stereocenters. The van der Waals surface area contributed by atoms with Crippen molar-refractivity contribution in [3.63, 3.8) is 0 Å². The van der Waals surface area contributed by atoms with Gasteiger partial charge in [0.05, 0.1) is 5.92 Å². The second-order valence-electron chi connectivity index (χ2n) is 6.01. The number of rotatable bonds is 5. The second kappa shape index (κ2) is 6.93. The van der Waals surface area contributed by atoms with Crippen molar-refractivity contribution in [2.45, 2.75) is 39.5 Å². The summed E-state index contributed by atoms with van der Waals surface area (Å²) >= 11 is 0. The van der Waals surface area contributed by atoms with Crippen molar-refractivity contribution in [2.24, 2.45) is 5.92 Å². The lowest BCUT2D eigenvalue weighted by atomic mass is 9.97. The number of anilines is 1. The molecule has 1 aliphatic heterocycles. The highest BCUT2D eigenvalue weighted by atomic mass is 16.1. The molecule has 3 heterocycles. The topological polar surface area (TPSA) is 75.4 Å². The minimum Gasteiger partial charge on any atom is -0.356 e. The maximum absolute atomic E-state index is 12.3. The maximum Gasteiger partial charge on any atom is 0.254 e. The third kappa shape index (κ3) is 3.28. The summed E-state index contributed by atoms with van der Waals surface area (Å²) in [6, 6.07) is 2.06. The number of amides is 1. The first kappa shape index (κ1) is 15.7. The Balaban J connectivity index is 1.83. The Morgan fingerprint density at radius 2 is 2.30 bits per heavy atom. The highest BCUT2D eigenvalue weighted by Gasteiger charge is 2.27. The van der Waals surface area contributed by atoms with E-state index in [1.807, 2.05) is 0 Å². The van der Waals surface area contributed by atoms with Crippen molar-refractivity contribution in [3.8, 4) is 0 Å². The van der Waals surface area contributed by atoms with Crippen LogP contribution in [0.4, 0.5) is 5.82 Å². The number of nitrogens with zero attached hydrogens (tertiary/aromatic N) is 5. The Labute approximate surface area is 136 Å². The molecule has 23 heavy (non-hydrogen) atoms. The number of carbonyl (C=O) groups excluding carboxylic acids is 1. The minimum atomic E-state index is 0.0344. The average molecular weight is 316 g/mol. The number of nitrogens with one attached hydrogen (secondary N) is 1. The van der Waals surface area contributed by atoms with Crippen molar-refractivity contribution in [1.82, 2.24) is 24.9 Å². The molecule has 1 N–H and O–H groups in total. The van der Waals surface area contributed by atoms with Gasteiger partial charge in [-0.05, 0) is 25.7 Å². The number of hydrogen-bond donors (Lipinski definition) is 1. The first-order valence-electron chi connectivity index (χ1n) is 8.45. The van der Waals surface area contributed by atoms with Gasteiger partial charge in [0, 0.05) is 31.4 Å². The van der Waals surface area contributed by atoms with Crippen LogP contribution >= 0.6 is 0 Å². The Morgan fingerprint density at radius 3 is 3.09 bits per heavy atom. The molecule has 0 aromatic carbocycles. The van der Waals surface area contributed by atoms with E-state index in [2.05, 4.69) is 45.2 Å². The third-order valence-corrected chi connectivity index (χ3v) is 4.31. The largest absolute Gasteiger partial charge is 0.356 e. The van der Waals surface area contributed by atoms with Crippen molar-refractivity contribution >= 4 is 17.5 Å². The van der Waals surface area contributed by atoms with Gasteiger partial charge in [-0.15, -0.1) is 0 Å². The van der Waals surface area contributed by atoms with Crippen molar-refractivity contribution in [3.05, 3.63) is 18.1 Å². The molecule has 1 saturated heterocycles. The molecule has 1 fully saturated rings. The third-order valence-electron chi connectivity index (χ3n) is 4.31. The molecule has 2 aromatic rings. The number of aromatic nitrogens is 4. The zero-order chi connectivity index (χ0) is 16.2. The zero-order valence-corrected chi connectivity index (χ0v) is 13.8. The van der Waals surface area contributed by atoms with E-state index in [4.69, 9.17) is 0 Å². The fourth-order valence-corrected chi connectivity index (χ4v) is 3.04. The smallest absolute Gasteiger partial charge is 0.254 e. The molecule has 0 aliphatic carbocycles. The highest BCUT2D eigenvalue weighted by Crippen LogP contribution is 2.24. The number of piperidine rings is 1. The lowest BCUT2D eigenvalue weighted by Crippen LogP contribution is -2.44. The fourth-order valence-electron chi connectivity index (χ4n) is 3.04. The van der Waals surface area contributed by atoms with Gasteiger partial charge in [-0.3, -0.25) is 4.79 Å². The predicted molar refractivity (Wildman–Crippen MR) is 88.4 cm³/mol. The minimum absolute atomic E-state index is 0.0344. The summed E-state index contributed by atoms with van der Waals surface area (Å²) in [5, 5.41) is 7.31. The van der Waals surface area contributed by atoms with E-state index in [1.54, 1.807) is 4.52 Å². The fraction of sp³-hybridized carbons (Fsp3) is 0.625. The Hall–Kier alpha value is -2.18. The normalized spacial score (nSPS) is 18.3. The standard InChI is InChI=1S/C16H24N6O/c1-3-7-17-15(23)12-6-5-8-21(10-12)14-9-13(4-2)20-16-18-11-19-22(14)16/h9,11-12H,3-8,10H2,1-2H3,(H,17,23). The van der Waals surface area contributed by atoms with Gasteiger partial charge in [-0.1, -0.05) is 13.8 Å². The summed E-state index contributed by atoms with van der Waals surface area (Å²) in [6.45, 7) is 6.55. The molecule has 1 unspecified atom stereocenters. The lowest BCUT2D eigenvalue weighted by Gasteiger charge is -2.33. The van der Waals surface area contributed by atoms with E-state index in [1.165, 1.54) is 6.33 Å². The van der Waals surface area contributed by atoms with Gasteiger partial charge in [-0.25, -0.2) is 4.98 Å². The number of fused-ring (bicyclic) bond motifs is 1. The van der Waals surface area contributed by atoms with Crippen LogP contribution in [-0.4, -0.2) is 45.1 Å². The van der Waals surface area contributed by atoms with Gasteiger partial charge < -0.3 is 10.2 Å². The van der Waals surface area contributed by atoms with Crippen LogP contribution in [0.5, 0.6) is 0 Å². The van der Waals surface area contributed by atoms with Crippen molar-refractivity contribution in [1.29, 1.82) is 0 Å². The summed E-state index contributed by atoms with van der Waals surface area (Å²) in [6.07, 6.45) is 5.29. The SMILES string of the molecule is CCCNC(=O)C1CCCN(c2cc(CC)nc3ncnn23)C1. The van der Waals surface area contributed by atoms with E-state index >= 15 is 0 Å². The van der Waals surface area contributed by atoms with Crippen LogP contribution in [0.3, 0.4) is 0 Å². The summed E-state index contributed by atoms with van der Waals surface area (Å²) in [7, 11) is 0. The molecule has 0 bridgehead atoms. The van der Waals surface area contributed by atoms with E-state index in [0.29, 0.717) is 5.78 Å². The summed E-state index contributed by atoms with van der Waals surface area (Å²) < 4.78 is 1.77. The molecule has 1 aliphatic rings. The first-order chi connectivity index (χ1) is 11.2. The van der Waals surface area contributed by atoms with Crippen LogP contribution in [0, 0.1) is 5.92 Å². The average Bonchev–Trinajstić information content (AvgIpc) is 3.07. The van der Waals surface area contributed by atoms with E-state index in [9.17, 15) is 4.79 Å². The molecule has 124 valence electrons.